The van der Waals surface area contributed by atoms with Gasteiger partial charge in [0, 0.05) is 47.9 Å². The number of methoxy groups -OCH3 is 2. The molecular weight excluding hydrogens is 480 g/mol. The highest BCUT2D eigenvalue weighted by atomic mass is 16.5. The van der Waals surface area contributed by atoms with E-state index in [1.54, 1.807) is 26.6 Å². The molecule has 1 saturated heterocycles. The molecule has 2 aromatic carbocycles. The van der Waals surface area contributed by atoms with Crippen LogP contribution >= 0.6 is 0 Å². The topological polar surface area (TPSA) is 97.6 Å². The van der Waals surface area contributed by atoms with Crippen molar-refractivity contribution in [2.45, 2.75) is 37.8 Å². The number of benzene rings is 2. The maximum absolute atomic E-state index is 10.9. The van der Waals surface area contributed by atoms with Crippen molar-refractivity contribution in [2.75, 3.05) is 38.8 Å². The average Bonchev–Trinajstić information content (AvgIpc) is 3.66. The van der Waals surface area contributed by atoms with Crippen LogP contribution in [0.4, 0.5) is 11.4 Å². The van der Waals surface area contributed by atoms with Crippen LogP contribution in [0.1, 0.15) is 25.7 Å². The fourth-order valence-electron chi connectivity index (χ4n) is 5.11. The molecule has 2 aromatic heterocycles. The van der Waals surface area contributed by atoms with E-state index in [9.17, 15) is 5.11 Å². The minimum atomic E-state index is -0.730. The Morgan fingerprint density at radius 2 is 1.76 bits per heavy atom. The molecule has 0 unspecified atom stereocenters. The SMILES string of the molecule is COc1cc(OC)cc(N(CC2CC2)c2ccc3ncc(-c4cnn(CC5(O)CCNCC5)c4)nc3c2)c1. The van der Waals surface area contributed by atoms with Gasteiger partial charge in [0.2, 0.25) is 0 Å². The van der Waals surface area contributed by atoms with Crippen molar-refractivity contribution in [3.05, 3.63) is 55.0 Å². The van der Waals surface area contributed by atoms with Crippen LogP contribution in [0.5, 0.6) is 11.5 Å². The molecule has 9 nitrogen and oxygen atoms in total. The Morgan fingerprint density at radius 1 is 1.00 bits per heavy atom. The van der Waals surface area contributed by atoms with E-state index in [4.69, 9.17) is 14.5 Å². The molecule has 1 aliphatic heterocycles. The van der Waals surface area contributed by atoms with E-state index in [1.807, 2.05) is 35.1 Å². The van der Waals surface area contributed by atoms with Crippen LogP contribution < -0.4 is 19.7 Å². The molecule has 0 bridgehead atoms. The first-order valence-corrected chi connectivity index (χ1v) is 13.3. The summed E-state index contributed by atoms with van der Waals surface area (Å²) in [5.41, 5.74) is 4.64. The van der Waals surface area contributed by atoms with E-state index < -0.39 is 5.60 Å². The number of anilines is 2. The number of nitrogens with one attached hydrogen (secondary N) is 1. The number of fused-ring (bicyclic) bond motifs is 1. The van der Waals surface area contributed by atoms with Crippen molar-refractivity contribution in [1.82, 2.24) is 25.1 Å². The number of nitrogens with zero attached hydrogens (tertiary/aromatic N) is 5. The molecule has 0 atom stereocenters. The number of ether oxygens (including phenoxy) is 2. The van der Waals surface area contributed by atoms with Gasteiger partial charge in [-0.15, -0.1) is 0 Å². The molecule has 0 spiro atoms. The lowest BCUT2D eigenvalue weighted by atomic mass is 9.92. The molecule has 38 heavy (non-hydrogen) atoms. The summed E-state index contributed by atoms with van der Waals surface area (Å²) in [5.74, 6) is 2.18. The van der Waals surface area contributed by atoms with E-state index in [-0.39, 0.29) is 0 Å². The number of aliphatic hydroxyl groups is 1. The lowest BCUT2D eigenvalue weighted by Crippen LogP contribution is -2.44. The van der Waals surface area contributed by atoms with Crippen molar-refractivity contribution in [3.8, 4) is 22.8 Å². The number of piperidine rings is 1. The molecule has 6 rings (SSSR count). The van der Waals surface area contributed by atoms with Crippen LogP contribution in [0.25, 0.3) is 22.3 Å². The van der Waals surface area contributed by atoms with Gasteiger partial charge in [0.25, 0.3) is 0 Å². The first-order chi connectivity index (χ1) is 18.5. The summed E-state index contributed by atoms with van der Waals surface area (Å²) in [4.78, 5) is 12.0. The Bertz CT molecular complexity index is 1400. The third kappa shape index (κ3) is 5.30. The van der Waals surface area contributed by atoms with E-state index in [2.05, 4.69) is 32.4 Å². The maximum atomic E-state index is 10.9. The zero-order chi connectivity index (χ0) is 26.1. The first kappa shape index (κ1) is 24.6. The van der Waals surface area contributed by atoms with Gasteiger partial charge >= 0.3 is 0 Å². The van der Waals surface area contributed by atoms with Crippen molar-refractivity contribution >= 4 is 22.4 Å². The predicted octanol–water partition coefficient (Wildman–Crippen LogP) is 4.17. The summed E-state index contributed by atoms with van der Waals surface area (Å²) in [6, 6.07) is 12.2. The number of hydrogen-bond donors (Lipinski definition) is 2. The van der Waals surface area contributed by atoms with E-state index in [0.29, 0.717) is 12.5 Å². The van der Waals surface area contributed by atoms with Gasteiger partial charge in [0.15, 0.2) is 0 Å². The standard InChI is InChI=1S/C29H34N6O3/c1-37-24-11-23(12-25(14-24)38-2)35(17-20-3-4-20)22-5-6-26-27(13-22)33-28(16-31-26)21-15-32-34(18-21)19-29(36)7-9-30-10-8-29/h5-6,11-16,18,20,30,36H,3-4,7-10,17,19H2,1-2H3. The van der Waals surface area contributed by atoms with Gasteiger partial charge in [-0.3, -0.25) is 9.67 Å². The second kappa shape index (κ2) is 10.2. The third-order valence-corrected chi connectivity index (χ3v) is 7.54. The molecule has 3 heterocycles. The summed E-state index contributed by atoms with van der Waals surface area (Å²) in [5, 5.41) is 18.7. The number of hydrogen-bond acceptors (Lipinski definition) is 8. The summed E-state index contributed by atoms with van der Waals surface area (Å²) < 4.78 is 12.9. The third-order valence-electron chi connectivity index (χ3n) is 7.54. The largest absolute Gasteiger partial charge is 0.497 e. The summed E-state index contributed by atoms with van der Waals surface area (Å²) >= 11 is 0. The van der Waals surface area contributed by atoms with Crippen molar-refractivity contribution in [3.63, 3.8) is 0 Å². The van der Waals surface area contributed by atoms with E-state index >= 15 is 0 Å². The van der Waals surface area contributed by atoms with Gasteiger partial charge in [-0.05, 0) is 62.9 Å². The predicted molar refractivity (Wildman–Crippen MR) is 147 cm³/mol. The second-order valence-electron chi connectivity index (χ2n) is 10.5. The summed E-state index contributed by atoms with van der Waals surface area (Å²) in [6.45, 7) is 3.03. The minimum Gasteiger partial charge on any atom is -0.497 e. The molecule has 198 valence electrons. The van der Waals surface area contributed by atoms with E-state index in [0.717, 1.165) is 77.6 Å². The Hall–Kier alpha value is -3.69. The Balaban J connectivity index is 1.31. The highest BCUT2D eigenvalue weighted by Crippen LogP contribution is 2.38. The Morgan fingerprint density at radius 3 is 2.47 bits per heavy atom. The minimum absolute atomic E-state index is 0.472. The maximum Gasteiger partial charge on any atom is 0.124 e. The molecule has 2 N–H and O–H groups in total. The number of aromatic nitrogens is 4. The molecular formula is C29H34N6O3. The van der Waals surface area contributed by atoms with Crippen LogP contribution in [-0.4, -0.2) is 64.3 Å². The fraction of sp³-hybridized carbons (Fsp3) is 0.414. The molecule has 0 radical (unpaired) electrons. The molecule has 1 aliphatic carbocycles. The smallest absolute Gasteiger partial charge is 0.124 e. The Labute approximate surface area is 222 Å². The zero-order valence-electron chi connectivity index (χ0n) is 21.9. The fourth-order valence-corrected chi connectivity index (χ4v) is 5.11. The van der Waals surface area contributed by atoms with Gasteiger partial charge in [-0.1, -0.05) is 0 Å². The first-order valence-electron chi connectivity index (χ1n) is 13.3. The molecule has 2 fully saturated rings. The second-order valence-corrected chi connectivity index (χ2v) is 10.5. The van der Waals surface area contributed by atoms with Gasteiger partial charge < -0.3 is 24.8 Å². The van der Waals surface area contributed by atoms with Gasteiger partial charge in [0.1, 0.15) is 11.5 Å². The lowest BCUT2D eigenvalue weighted by Gasteiger charge is -2.32. The molecule has 2 aliphatic rings. The van der Waals surface area contributed by atoms with Crippen LogP contribution in [0.15, 0.2) is 55.0 Å². The molecule has 0 amide bonds. The lowest BCUT2D eigenvalue weighted by molar-refractivity contribution is -0.00821. The molecule has 9 heteroatoms. The van der Waals surface area contributed by atoms with E-state index in [1.165, 1.54) is 12.8 Å². The molecule has 1 saturated carbocycles. The summed E-state index contributed by atoms with van der Waals surface area (Å²) in [6.07, 6.45) is 9.45. The zero-order valence-corrected chi connectivity index (χ0v) is 21.9. The van der Waals surface area contributed by atoms with Gasteiger partial charge in [-0.25, -0.2) is 4.98 Å². The van der Waals surface area contributed by atoms with Crippen LogP contribution in [-0.2, 0) is 6.54 Å². The van der Waals surface area contributed by atoms with Crippen LogP contribution in [0.3, 0.4) is 0 Å². The average molecular weight is 515 g/mol. The Kier molecular flexibility index (Phi) is 6.63. The van der Waals surface area contributed by atoms with Crippen molar-refractivity contribution in [2.24, 2.45) is 5.92 Å². The van der Waals surface area contributed by atoms with Gasteiger partial charge in [0.05, 0.1) is 55.5 Å². The molecule has 4 aromatic rings. The van der Waals surface area contributed by atoms with Crippen molar-refractivity contribution in [1.29, 1.82) is 0 Å². The van der Waals surface area contributed by atoms with Crippen LogP contribution in [0, 0.1) is 5.92 Å². The van der Waals surface area contributed by atoms with Gasteiger partial charge in [-0.2, -0.15) is 5.10 Å². The summed E-state index contributed by atoms with van der Waals surface area (Å²) in [7, 11) is 3.34. The van der Waals surface area contributed by atoms with Crippen LogP contribution in [0.2, 0.25) is 0 Å². The van der Waals surface area contributed by atoms with Crippen molar-refractivity contribution < 1.29 is 14.6 Å². The number of rotatable bonds is 9. The highest BCUT2D eigenvalue weighted by molar-refractivity contribution is 5.82. The quantitative estimate of drug-likeness (QED) is 0.344. The normalized spacial score (nSPS) is 16.9. The monoisotopic (exact) mass is 514 g/mol. The highest BCUT2D eigenvalue weighted by Gasteiger charge is 2.30.